The SMILES string of the molecule is COc1ccc(CN(Cc2ccc(OC)cc2)c2nc(Cl)c(Br)cc2COCc2cccc(F)c2C(=O)OCc2cc(Br)c(Cl)nc2N(Cc2ccc(OC)cc2)Cc2ccc(OC)cc2)cc1. The lowest BCUT2D eigenvalue weighted by Gasteiger charge is -2.27. The summed E-state index contributed by atoms with van der Waals surface area (Å²) in [5.74, 6) is 2.34. The van der Waals surface area contributed by atoms with Gasteiger partial charge in [-0.1, -0.05) is 83.9 Å². The third-order valence-corrected chi connectivity index (χ3v) is 13.1. The fraction of sp³-hybridized carbons (Fsp3) is 0.212. The van der Waals surface area contributed by atoms with Crippen LogP contribution in [0.15, 0.2) is 136 Å². The van der Waals surface area contributed by atoms with Crippen molar-refractivity contribution in [2.24, 2.45) is 0 Å². The Kier molecular flexibility index (Phi) is 17.6. The lowest BCUT2D eigenvalue weighted by Crippen LogP contribution is -2.25. The van der Waals surface area contributed by atoms with Crippen molar-refractivity contribution in [2.75, 3.05) is 38.2 Å². The van der Waals surface area contributed by atoms with Crippen molar-refractivity contribution in [1.82, 2.24) is 9.97 Å². The number of hydrogen-bond acceptors (Lipinski definition) is 11. The highest BCUT2D eigenvalue weighted by molar-refractivity contribution is 9.10. The van der Waals surface area contributed by atoms with Gasteiger partial charge in [0.05, 0.1) is 50.6 Å². The van der Waals surface area contributed by atoms with Gasteiger partial charge in [-0.15, -0.1) is 0 Å². The van der Waals surface area contributed by atoms with Crippen LogP contribution in [0.5, 0.6) is 23.0 Å². The highest BCUT2D eigenvalue weighted by Gasteiger charge is 2.24. The molecule has 16 heteroatoms. The van der Waals surface area contributed by atoms with Crippen LogP contribution in [0.2, 0.25) is 10.3 Å². The Morgan fingerprint density at radius 2 is 0.882 bits per heavy atom. The summed E-state index contributed by atoms with van der Waals surface area (Å²) in [7, 11) is 6.48. The first-order valence-electron chi connectivity index (χ1n) is 21.2. The Labute approximate surface area is 421 Å². The van der Waals surface area contributed by atoms with E-state index in [9.17, 15) is 4.79 Å². The largest absolute Gasteiger partial charge is 0.497 e. The first-order chi connectivity index (χ1) is 32.9. The molecule has 0 aliphatic rings. The number of hydrogen-bond donors (Lipinski definition) is 0. The summed E-state index contributed by atoms with van der Waals surface area (Å²) < 4.78 is 50.6. The van der Waals surface area contributed by atoms with Crippen LogP contribution >= 0.6 is 55.1 Å². The number of carbonyl (C=O) groups is 1. The zero-order valence-electron chi connectivity index (χ0n) is 37.6. The van der Waals surface area contributed by atoms with E-state index in [4.69, 9.17) is 61.6 Å². The van der Waals surface area contributed by atoms with Crippen molar-refractivity contribution in [3.8, 4) is 23.0 Å². The lowest BCUT2D eigenvalue weighted by atomic mass is 10.1. The second-order valence-electron chi connectivity index (χ2n) is 15.4. The van der Waals surface area contributed by atoms with E-state index in [0.717, 1.165) is 45.3 Å². The zero-order chi connectivity index (χ0) is 48.2. The predicted molar refractivity (Wildman–Crippen MR) is 270 cm³/mol. The molecule has 11 nitrogen and oxygen atoms in total. The van der Waals surface area contributed by atoms with Crippen LogP contribution in [-0.2, 0) is 55.5 Å². The van der Waals surface area contributed by atoms with Crippen LogP contribution < -0.4 is 28.7 Å². The third-order valence-electron chi connectivity index (χ3n) is 10.9. The van der Waals surface area contributed by atoms with Gasteiger partial charge in [-0.2, -0.15) is 0 Å². The Balaban J connectivity index is 1.12. The maximum Gasteiger partial charge on any atom is 0.341 e. The molecular formula is C52H47Br2Cl2FN4O7. The molecule has 352 valence electrons. The number of nitrogens with zero attached hydrogens (tertiary/aromatic N) is 4. The minimum atomic E-state index is -0.877. The molecule has 0 atom stereocenters. The molecule has 0 spiro atoms. The Morgan fingerprint density at radius 3 is 1.25 bits per heavy atom. The van der Waals surface area contributed by atoms with Gasteiger partial charge in [0.25, 0.3) is 0 Å². The van der Waals surface area contributed by atoms with E-state index in [1.807, 2.05) is 108 Å². The van der Waals surface area contributed by atoms with Crippen molar-refractivity contribution < 1.29 is 37.6 Å². The van der Waals surface area contributed by atoms with E-state index in [2.05, 4.69) is 36.8 Å². The molecule has 2 heterocycles. The molecule has 0 unspecified atom stereocenters. The average molecular weight is 1090 g/mol. The highest BCUT2D eigenvalue weighted by Crippen LogP contribution is 2.34. The molecule has 0 radical (unpaired) electrons. The molecular weight excluding hydrogens is 1040 g/mol. The molecule has 0 aliphatic carbocycles. The van der Waals surface area contributed by atoms with Gasteiger partial charge in [-0.3, -0.25) is 0 Å². The molecule has 2 aromatic heterocycles. The van der Waals surface area contributed by atoms with Crippen LogP contribution in [0.25, 0.3) is 0 Å². The summed E-state index contributed by atoms with van der Waals surface area (Å²) >= 11 is 20.3. The van der Waals surface area contributed by atoms with Gasteiger partial charge in [-0.05, 0) is 126 Å². The van der Waals surface area contributed by atoms with E-state index in [1.54, 1.807) is 40.6 Å². The van der Waals surface area contributed by atoms with Crippen molar-refractivity contribution in [3.05, 3.63) is 197 Å². The summed E-state index contributed by atoms with van der Waals surface area (Å²) in [5, 5.41) is 0.484. The van der Waals surface area contributed by atoms with Crippen molar-refractivity contribution in [1.29, 1.82) is 0 Å². The van der Waals surface area contributed by atoms with Gasteiger partial charge < -0.3 is 38.2 Å². The molecule has 0 fully saturated rings. The monoisotopic (exact) mass is 1090 g/mol. The highest BCUT2D eigenvalue weighted by atomic mass is 79.9. The number of aromatic nitrogens is 2. The van der Waals surface area contributed by atoms with Crippen molar-refractivity contribution in [3.63, 3.8) is 0 Å². The average Bonchev–Trinajstić information content (AvgIpc) is 3.35. The van der Waals surface area contributed by atoms with Crippen LogP contribution in [0, 0.1) is 5.82 Å². The smallest absolute Gasteiger partial charge is 0.341 e. The number of pyridine rings is 2. The number of rotatable bonds is 21. The standard InChI is InChI=1S/C52H47Br2Cl2FN4O7/c1-63-40-16-8-33(9-17-40)26-60(27-34-10-18-41(64-2)19-11-34)50-38(24-44(53)48(55)58-50)31-67-30-37-6-5-7-46(57)47(37)52(62)68-32-39-25-45(54)49(56)59-51(39)61(28-35-12-20-42(65-3)21-13-35)29-36-14-22-43(66-4)23-15-36/h5-25H,26-32H2,1-4H3. The summed E-state index contributed by atoms with van der Waals surface area (Å²) in [6, 6.07) is 38.9. The van der Waals surface area contributed by atoms with Crippen LogP contribution in [0.1, 0.15) is 49.3 Å². The second kappa shape index (κ2) is 23.9. The fourth-order valence-corrected chi connectivity index (χ4v) is 8.37. The number of methoxy groups -OCH3 is 4. The molecule has 7 aromatic rings. The topological polar surface area (TPSA) is 105 Å². The van der Waals surface area contributed by atoms with Gasteiger partial charge in [0.2, 0.25) is 0 Å². The predicted octanol–water partition coefficient (Wildman–Crippen LogP) is 13.0. The van der Waals surface area contributed by atoms with Gasteiger partial charge in [-0.25, -0.2) is 19.2 Å². The molecule has 5 aromatic carbocycles. The molecule has 7 rings (SSSR count). The molecule has 0 saturated carbocycles. The first kappa shape index (κ1) is 50.0. The van der Waals surface area contributed by atoms with E-state index in [1.165, 1.54) is 12.1 Å². The quantitative estimate of drug-likeness (QED) is 0.0507. The number of halogens is 5. The number of benzene rings is 5. The molecule has 0 aliphatic heterocycles. The zero-order valence-corrected chi connectivity index (χ0v) is 42.3. The maximum absolute atomic E-state index is 15.8. The van der Waals surface area contributed by atoms with Gasteiger partial charge in [0.15, 0.2) is 0 Å². The summed E-state index contributed by atoms with van der Waals surface area (Å²) in [5.41, 5.74) is 5.22. The van der Waals surface area contributed by atoms with Crippen molar-refractivity contribution >= 4 is 72.7 Å². The van der Waals surface area contributed by atoms with Crippen LogP contribution in [-0.4, -0.2) is 44.4 Å². The molecule has 0 N–H and O–H groups in total. The molecule has 68 heavy (non-hydrogen) atoms. The second-order valence-corrected chi connectivity index (χ2v) is 17.9. The summed E-state index contributed by atoms with van der Waals surface area (Å²) in [6.45, 7) is 1.43. The molecule has 0 bridgehead atoms. The first-order valence-corrected chi connectivity index (χ1v) is 23.5. The van der Waals surface area contributed by atoms with Crippen molar-refractivity contribution in [2.45, 2.75) is 46.0 Å². The van der Waals surface area contributed by atoms with Gasteiger partial charge in [0.1, 0.15) is 62.9 Å². The van der Waals surface area contributed by atoms with E-state index in [-0.39, 0.29) is 35.7 Å². The summed E-state index contributed by atoms with van der Waals surface area (Å²) in [6.07, 6.45) is 0. The normalized spacial score (nSPS) is 11.0. The van der Waals surface area contributed by atoms with E-state index < -0.39 is 11.8 Å². The summed E-state index contributed by atoms with van der Waals surface area (Å²) in [4.78, 5) is 27.7. The molecule has 0 amide bonds. The lowest BCUT2D eigenvalue weighted by molar-refractivity contribution is 0.0457. The number of ether oxygens (including phenoxy) is 6. The fourth-order valence-electron chi connectivity index (χ4n) is 7.37. The maximum atomic E-state index is 15.8. The Hall–Kier alpha value is -5.90. The minimum Gasteiger partial charge on any atom is -0.497 e. The van der Waals surface area contributed by atoms with Crippen LogP contribution in [0.3, 0.4) is 0 Å². The number of carbonyl (C=O) groups excluding carboxylic acids is 1. The minimum absolute atomic E-state index is 0.0386. The van der Waals surface area contributed by atoms with Gasteiger partial charge >= 0.3 is 5.97 Å². The van der Waals surface area contributed by atoms with E-state index >= 15 is 4.39 Å². The third kappa shape index (κ3) is 13.0. The van der Waals surface area contributed by atoms with Crippen LogP contribution in [0.4, 0.5) is 16.0 Å². The Morgan fingerprint density at radius 1 is 0.529 bits per heavy atom. The van der Waals surface area contributed by atoms with Gasteiger partial charge in [0, 0.05) is 37.3 Å². The molecule has 0 saturated heterocycles. The number of anilines is 2. The number of esters is 1. The Bertz CT molecular complexity index is 2710. The van der Waals surface area contributed by atoms with E-state index in [0.29, 0.717) is 63.5 Å².